The molecule has 4 heteroatoms. The molecule has 2 unspecified atom stereocenters. The first-order chi connectivity index (χ1) is 8.13. The topological polar surface area (TPSA) is 15.3 Å². The maximum absolute atomic E-state index is 13.5. The van der Waals surface area contributed by atoms with Gasteiger partial charge in [-0.25, -0.2) is 8.78 Å². The molecule has 0 amide bonds. The lowest BCUT2D eigenvalue weighted by Gasteiger charge is -2.38. The molecule has 2 aliphatic heterocycles. The van der Waals surface area contributed by atoms with Crippen molar-refractivity contribution in [3.8, 4) is 0 Å². The highest BCUT2D eigenvalue weighted by molar-refractivity contribution is 5.13. The number of hydrogen-bond acceptors (Lipinski definition) is 2. The van der Waals surface area contributed by atoms with Crippen LogP contribution >= 0.6 is 0 Å². The second-order valence-corrected chi connectivity index (χ2v) is 6.07. The smallest absolute Gasteiger partial charge is 0.255 e. The Morgan fingerprint density at radius 2 is 1.94 bits per heavy atom. The fourth-order valence-electron chi connectivity index (χ4n) is 3.67. The standard InChI is InChI=1S/C13H22F2N2/c14-13(15)9-12(13)5-2-8-17(10-12)11-3-1-6-16-7-4-11/h11,16H,1-10H2. The molecule has 2 heterocycles. The minimum Gasteiger partial charge on any atom is -0.317 e. The minimum atomic E-state index is -2.37. The first-order valence-corrected chi connectivity index (χ1v) is 6.96. The van der Waals surface area contributed by atoms with Crippen molar-refractivity contribution in [3.05, 3.63) is 0 Å². The lowest BCUT2D eigenvalue weighted by Crippen LogP contribution is -2.45. The molecule has 3 aliphatic rings. The van der Waals surface area contributed by atoms with Crippen molar-refractivity contribution in [3.63, 3.8) is 0 Å². The molecule has 1 saturated carbocycles. The van der Waals surface area contributed by atoms with Gasteiger partial charge >= 0.3 is 0 Å². The number of halogens is 2. The van der Waals surface area contributed by atoms with Gasteiger partial charge in [0.15, 0.2) is 0 Å². The van der Waals surface area contributed by atoms with Crippen LogP contribution in [0, 0.1) is 5.41 Å². The summed E-state index contributed by atoms with van der Waals surface area (Å²) in [5, 5.41) is 3.39. The van der Waals surface area contributed by atoms with E-state index in [1.54, 1.807) is 0 Å². The Balaban J connectivity index is 1.63. The quantitative estimate of drug-likeness (QED) is 0.761. The highest BCUT2D eigenvalue weighted by Gasteiger charge is 2.71. The third-order valence-electron chi connectivity index (χ3n) is 4.88. The van der Waals surface area contributed by atoms with Crippen LogP contribution in [0.25, 0.3) is 0 Å². The summed E-state index contributed by atoms with van der Waals surface area (Å²) in [6, 6.07) is 0.540. The Labute approximate surface area is 102 Å². The van der Waals surface area contributed by atoms with Gasteiger partial charge in [0.1, 0.15) is 0 Å². The van der Waals surface area contributed by atoms with Crippen molar-refractivity contribution in [2.45, 2.75) is 50.5 Å². The van der Waals surface area contributed by atoms with Gasteiger partial charge in [0, 0.05) is 19.0 Å². The third-order valence-corrected chi connectivity index (χ3v) is 4.88. The summed E-state index contributed by atoms with van der Waals surface area (Å²) in [7, 11) is 0. The summed E-state index contributed by atoms with van der Waals surface area (Å²) < 4.78 is 26.9. The van der Waals surface area contributed by atoms with Crippen molar-refractivity contribution in [1.29, 1.82) is 0 Å². The van der Waals surface area contributed by atoms with Gasteiger partial charge in [-0.3, -0.25) is 4.90 Å². The van der Waals surface area contributed by atoms with Gasteiger partial charge in [0.25, 0.3) is 5.92 Å². The van der Waals surface area contributed by atoms with Crippen molar-refractivity contribution in [1.82, 2.24) is 10.2 Å². The van der Waals surface area contributed by atoms with Gasteiger partial charge in [-0.1, -0.05) is 0 Å². The van der Waals surface area contributed by atoms with E-state index in [1.165, 1.54) is 12.8 Å². The lowest BCUT2D eigenvalue weighted by molar-refractivity contribution is 0.0109. The fraction of sp³-hybridized carbons (Fsp3) is 1.00. The first kappa shape index (κ1) is 11.8. The summed E-state index contributed by atoms with van der Waals surface area (Å²) >= 11 is 0. The second-order valence-electron chi connectivity index (χ2n) is 6.07. The molecule has 2 atom stereocenters. The molecular weight excluding hydrogens is 222 g/mol. The summed E-state index contributed by atoms with van der Waals surface area (Å²) in [4.78, 5) is 2.36. The van der Waals surface area contributed by atoms with Crippen LogP contribution in [0.15, 0.2) is 0 Å². The highest BCUT2D eigenvalue weighted by atomic mass is 19.3. The number of nitrogens with zero attached hydrogens (tertiary/aromatic N) is 1. The molecule has 1 aliphatic carbocycles. The van der Waals surface area contributed by atoms with Gasteiger partial charge < -0.3 is 5.32 Å². The molecular formula is C13H22F2N2. The second kappa shape index (κ2) is 4.16. The summed E-state index contributed by atoms with van der Waals surface area (Å²) in [5.74, 6) is -2.37. The van der Waals surface area contributed by atoms with E-state index in [9.17, 15) is 8.78 Å². The number of hydrogen-bond donors (Lipinski definition) is 1. The molecule has 2 nitrogen and oxygen atoms in total. The largest absolute Gasteiger partial charge is 0.317 e. The van der Waals surface area contributed by atoms with E-state index in [1.807, 2.05) is 0 Å². The minimum absolute atomic E-state index is 0.140. The molecule has 3 fully saturated rings. The first-order valence-electron chi connectivity index (χ1n) is 6.96. The van der Waals surface area contributed by atoms with E-state index in [2.05, 4.69) is 10.2 Å². The number of alkyl halides is 2. The van der Waals surface area contributed by atoms with E-state index in [-0.39, 0.29) is 6.42 Å². The SMILES string of the molecule is FC1(F)CC12CCCN(C1CCCNCC1)C2. The molecule has 1 spiro atoms. The summed E-state index contributed by atoms with van der Waals surface area (Å²) in [6.45, 7) is 3.81. The molecule has 0 aromatic carbocycles. The number of rotatable bonds is 1. The monoisotopic (exact) mass is 244 g/mol. The Hall–Kier alpha value is -0.220. The number of likely N-dealkylation sites (tertiary alicyclic amines) is 1. The van der Waals surface area contributed by atoms with Crippen LogP contribution < -0.4 is 5.32 Å². The molecule has 98 valence electrons. The van der Waals surface area contributed by atoms with E-state index in [4.69, 9.17) is 0 Å². The van der Waals surface area contributed by atoms with Crippen LogP contribution in [-0.2, 0) is 0 Å². The van der Waals surface area contributed by atoms with Gasteiger partial charge in [0.05, 0.1) is 5.41 Å². The molecule has 17 heavy (non-hydrogen) atoms. The predicted molar refractivity (Wildman–Crippen MR) is 63.3 cm³/mol. The Kier molecular flexibility index (Phi) is 2.90. The van der Waals surface area contributed by atoms with Gasteiger partial charge in [-0.05, 0) is 51.7 Å². The number of piperidine rings is 1. The highest BCUT2D eigenvalue weighted by Crippen LogP contribution is 2.64. The van der Waals surface area contributed by atoms with Crippen LogP contribution in [0.5, 0.6) is 0 Å². The van der Waals surface area contributed by atoms with E-state index in [0.717, 1.165) is 38.9 Å². The molecule has 0 bridgehead atoms. The van der Waals surface area contributed by atoms with Crippen LogP contribution in [0.2, 0.25) is 0 Å². The van der Waals surface area contributed by atoms with Crippen molar-refractivity contribution >= 4 is 0 Å². The third kappa shape index (κ3) is 2.10. The van der Waals surface area contributed by atoms with Gasteiger partial charge in [-0.15, -0.1) is 0 Å². The Bertz CT molecular complexity index is 287. The molecule has 1 N–H and O–H groups in total. The average molecular weight is 244 g/mol. The van der Waals surface area contributed by atoms with Crippen LogP contribution in [0.3, 0.4) is 0 Å². The molecule has 0 aromatic heterocycles. The molecule has 0 aromatic rings. The normalized spacial score (nSPS) is 42.4. The lowest BCUT2D eigenvalue weighted by atomic mass is 9.92. The summed E-state index contributed by atoms with van der Waals surface area (Å²) in [5.41, 5.74) is -0.634. The van der Waals surface area contributed by atoms with Crippen molar-refractivity contribution < 1.29 is 8.78 Å². The number of nitrogens with one attached hydrogen (secondary N) is 1. The molecule has 0 radical (unpaired) electrons. The summed E-state index contributed by atoms with van der Waals surface area (Å²) in [6.07, 6.45) is 5.32. The Morgan fingerprint density at radius 1 is 1.12 bits per heavy atom. The predicted octanol–water partition coefficient (Wildman–Crippen LogP) is 2.25. The van der Waals surface area contributed by atoms with Crippen LogP contribution in [-0.4, -0.2) is 43.0 Å². The Morgan fingerprint density at radius 3 is 2.71 bits per heavy atom. The van der Waals surface area contributed by atoms with Crippen LogP contribution in [0.4, 0.5) is 8.78 Å². The van der Waals surface area contributed by atoms with Gasteiger partial charge in [-0.2, -0.15) is 0 Å². The van der Waals surface area contributed by atoms with E-state index in [0.29, 0.717) is 12.6 Å². The average Bonchev–Trinajstić information content (AvgIpc) is 2.92. The van der Waals surface area contributed by atoms with Crippen molar-refractivity contribution in [2.24, 2.45) is 5.41 Å². The zero-order valence-electron chi connectivity index (χ0n) is 10.4. The van der Waals surface area contributed by atoms with E-state index >= 15 is 0 Å². The maximum atomic E-state index is 13.5. The fourth-order valence-corrected chi connectivity index (χ4v) is 3.67. The van der Waals surface area contributed by atoms with Gasteiger partial charge in [0.2, 0.25) is 0 Å². The van der Waals surface area contributed by atoms with Crippen molar-refractivity contribution in [2.75, 3.05) is 26.2 Å². The van der Waals surface area contributed by atoms with Crippen LogP contribution in [0.1, 0.15) is 38.5 Å². The molecule has 2 saturated heterocycles. The maximum Gasteiger partial charge on any atom is 0.255 e. The zero-order valence-corrected chi connectivity index (χ0v) is 10.4. The zero-order chi connectivity index (χ0) is 11.9. The van der Waals surface area contributed by atoms with E-state index < -0.39 is 11.3 Å². The molecule has 3 rings (SSSR count).